The Bertz CT molecular complexity index is 1370. The molecule has 2 heterocycles. The molecule has 2 N–H and O–H groups in total. The molecule has 0 bridgehead atoms. The quantitative estimate of drug-likeness (QED) is 0.237. The summed E-state index contributed by atoms with van der Waals surface area (Å²) in [7, 11) is 0. The van der Waals surface area contributed by atoms with Crippen LogP contribution in [-0.2, 0) is 16.0 Å². The Labute approximate surface area is 195 Å². The summed E-state index contributed by atoms with van der Waals surface area (Å²) in [5.74, 6) is -1.50. The number of aliphatic hydroxyl groups excluding tert-OH is 1. The molecule has 6 heteroatoms. The predicted octanol–water partition coefficient (Wildman–Crippen LogP) is 5.49. The molecular weight excluding hydrogens is 436 g/mol. The van der Waals surface area contributed by atoms with Gasteiger partial charge in [0.1, 0.15) is 5.76 Å². The van der Waals surface area contributed by atoms with Crippen molar-refractivity contribution in [2.45, 2.75) is 12.5 Å². The maximum absolute atomic E-state index is 13.1. The van der Waals surface area contributed by atoms with Crippen molar-refractivity contribution in [1.82, 2.24) is 9.88 Å². The zero-order chi connectivity index (χ0) is 22.9. The number of Topliss-reactive ketones (excluding diaryl/α,β-unsaturated/α-hetero) is 1. The van der Waals surface area contributed by atoms with Crippen LogP contribution in [0.3, 0.4) is 0 Å². The molecule has 1 amide bonds. The van der Waals surface area contributed by atoms with Crippen molar-refractivity contribution >= 4 is 40.0 Å². The first-order chi connectivity index (χ1) is 16.0. The Hall–Kier alpha value is -3.83. The van der Waals surface area contributed by atoms with Crippen LogP contribution in [0.1, 0.15) is 22.7 Å². The number of H-pyrrole nitrogens is 1. The zero-order valence-corrected chi connectivity index (χ0v) is 18.4. The van der Waals surface area contributed by atoms with Crippen LogP contribution >= 0.6 is 11.6 Å². The van der Waals surface area contributed by atoms with Gasteiger partial charge in [0.05, 0.1) is 11.6 Å². The Morgan fingerprint density at radius 1 is 0.939 bits per heavy atom. The van der Waals surface area contributed by atoms with Crippen molar-refractivity contribution in [3.05, 3.63) is 112 Å². The smallest absolute Gasteiger partial charge is 0.295 e. The molecule has 0 saturated carbocycles. The average Bonchev–Trinajstić information content (AvgIpc) is 3.37. The van der Waals surface area contributed by atoms with Gasteiger partial charge in [-0.2, -0.15) is 0 Å². The second-order valence-corrected chi connectivity index (χ2v) is 8.46. The number of hydrogen-bond acceptors (Lipinski definition) is 3. The van der Waals surface area contributed by atoms with E-state index in [4.69, 9.17) is 11.6 Å². The molecule has 1 saturated heterocycles. The molecule has 1 aliphatic heterocycles. The van der Waals surface area contributed by atoms with Crippen LogP contribution in [0.4, 0.5) is 0 Å². The van der Waals surface area contributed by atoms with E-state index in [1.807, 2.05) is 60.8 Å². The Balaban J connectivity index is 1.55. The first kappa shape index (κ1) is 21.0. The van der Waals surface area contributed by atoms with Crippen LogP contribution in [0.2, 0.25) is 5.02 Å². The minimum Gasteiger partial charge on any atom is -0.507 e. The molecule has 1 atom stereocenters. The van der Waals surface area contributed by atoms with Gasteiger partial charge in [0.15, 0.2) is 0 Å². The number of nitrogens with zero attached hydrogens (tertiary/aromatic N) is 1. The zero-order valence-electron chi connectivity index (χ0n) is 17.7. The van der Waals surface area contributed by atoms with Crippen molar-refractivity contribution in [1.29, 1.82) is 0 Å². The van der Waals surface area contributed by atoms with E-state index < -0.39 is 17.7 Å². The third-order valence-electron chi connectivity index (χ3n) is 6.07. The summed E-state index contributed by atoms with van der Waals surface area (Å²) in [6.07, 6.45) is 2.51. The SMILES string of the molecule is O=C1C(=O)N(CCc2c[nH]c3ccccc23)[C@H](c2ccccc2)C1=C(O)c1ccc(Cl)cc1. The van der Waals surface area contributed by atoms with Gasteiger partial charge in [-0.15, -0.1) is 0 Å². The minimum absolute atomic E-state index is 0.0902. The average molecular weight is 457 g/mol. The fraction of sp³-hybridized carbons (Fsp3) is 0.111. The summed E-state index contributed by atoms with van der Waals surface area (Å²) >= 11 is 5.98. The van der Waals surface area contributed by atoms with E-state index in [1.54, 1.807) is 29.2 Å². The number of hydrogen-bond donors (Lipinski definition) is 2. The topological polar surface area (TPSA) is 73.4 Å². The molecule has 33 heavy (non-hydrogen) atoms. The number of aromatic amines is 1. The van der Waals surface area contributed by atoms with Gasteiger partial charge >= 0.3 is 0 Å². The summed E-state index contributed by atoms with van der Waals surface area (Å²) in [6, 6.07) is 23.2. The molecule has 5 rings (SSSR count). The summed E-state index contributed by atoms with van der Waals surface area (Å²) in [5, 5.41) is 12.7. The van der Waals surface area contributed by atoms with Crippen LogP contribution in [-0.4, -0.2) is 33.2 Å². The standard InChI is InChI=1S/C27H21ClN2O3/c28-20-12-10-18(11-13-20)25(31)23-24(17-6-2-1-3-7-17)30(27(33)26(23)32)15-14-19-16-29-22-9-5-4-8-21(19)22/h1-13,16,24,29,31H,14-15H2/t24-/m1/s1. The number of carbonyl (C=O) groups excluding carboxylic acids is 2. The maximum Gasteiger partial charge on any atom is 0.295 e. The molecule has 164 valence electrons. The van der Waals surface area contributed by atoms with E-state index in [-0.39, 0.29) is 11.3 Å². The highest BCUT2D eigenvalue weighted by atomic mass is 35.5. The van der Waals surface area contributed by atoms with E-state index in [0.717, 1.165) is 22.0 Å². The summed E-state index contributed by atoms with van der Waals surface area (Å²) in [6.45, 7) is 0.337. The lowest BCUT2D eigenvalue weighted by atomic mass is 9.95. The van der Waals surface area contributed by atoms with Crippen LogP contribution in [0.5, 0.6) is 0 Å². The first-order valence-corrected chi connectivity index (χ1v) is 11.1. The second kappa shape index (κ2) is 8.60. The van der Waals surface area contributed by atoms with Crippen LogP contribution in [0, 0.1) is 0 Å². The number of ketones is 1. The number of rotatable bonds is 5. The molecule has 1 aliphatic rings. The fourth-order valence-electron chi connectivity index (χ4n) is 4.44. The number of aromatic nitrogens is 1. The van der Waals surface area contributed by atoms with Gasteiger partial charge in [0, 0.05) is 34.2 Å². The number of benzene rings is 3. The molecular formula is C27H21ClN2O3. The van der Waals surface area contributed by atoms with Gasteiger partial charge in [-0.3, -0.25) is 9.59 Å². The summed E-state index contributed by atoms with van der Waals surface area (Å²) in [4.78, 5) is 31.0. The Morgan fingerprint density at radius 2 is 1.64 bits per heavy atom. The van der Waals surface area contributed by atoms with Crippen molar-refractivity contribution in [2.24, 2.45) is 0 Å². The van der Waals surface area contributed by atoms with Crippen molar-refractivity contribution in [3.63, 3.8) is 0 Å². The highest BCUT2D eigenvalue weighted by Gasteiger charge is 2.45. The second-order valence-electron chi connectivity index (χ2n) is 8.02. The number of fused-ring (bicyclic) bond motifs is 1. The summed E-state index contributed by atoms with van der Waals surface area (Å²) < 4.78 is 0. The molecule has 4 aromatic rings. The number of amides is 1. The molecule has 0 spiro atoms. The largest absolute Gasteiger partial charge is 0.507 e. The van der Waals surface area contributed by atoms with Crippen molar-refractivity contribution in [3.8, 4) is 0 Å². The van der Waals surface area contributed by atoms with Gasteiger partial charge in [-0.1, -0.05) is 60.1 Å². The van der Waals surface area contributed by atoms with Crippen molar-refractivity contribution < 1.29 is 14.7 Å². The van der Waals surface area contributed by atoms with E-state index in [2.05, 4.69) is 4.98 Å². The molecule has 0 aliphatic carbocycles. The van der Waals surface area contributed by atoms with Gasteiger partial charge in [-0.25, -0.2) is 0 Å². The van der Waals surface area contributed by atoms with Crippen LogP contribution in [0.25, 0.3) is 16.7 Å². The van der Waals surface area contributed by atoms with Gasteiger partial charge in [0.2, 0.25) is 0 Å². The number of likely N-dealkylation sites (tertiary alicyclic amines) is 1. The number of halogens is 1. The lowest BCUT2D eigenvalue weighted by Crippen LogP contribution is -2.31. The maximum atomic E-state index is 13.1. The number of para-hydroxylation sites is 1. The third-order valence-corrected chi connectivity index (χ3v) is 6.32. The molecule has 1 fully saturated rings. The Kier molecular flexibility index (Phi) is 5.48. The van der Waals surface area contributed by atoms with Crippen molar-refractivity contribution in [2.75, 3.05) is 6.54 Å². The first-order valence-electron chi connectivity index (χ1n) is 10.7. The fourth-order valence-corrected chi connectivity index (χ4v) is 4.56. The normalized spacial score (nSPS) is 17.7. The monoisotopic (exact) mass is 456 g/mol. The molecule has 0 unspecified atom stereocenters. The molecule has 0 radical (unpaired) electrons. The van der Waals surface area contributed by atoms with E-state index in [0.29, 0.717) is 23.6 Å². The van der Waals surface area contributed by atoms with Crippen LogP contribution < -0.4 is 0 Å². The number of nitrogens with one attached hydrogen (secondary N) is 1. The van der Waals surface area contributed by atoms with Gasteiger partial charge < -0.3 is 15.0 Å². The molecule has 5 nitrogen and oxygen atoms in total. The third kappa shape index (κ3) is 3.81. The molecule has 1 aromatic heterocycles. The highest BCUT2D eigenvalue weighted by Crippen LogP contribution is 2.39. The van der Waals surface area contributed by atoms with E-state index >= 15 is 0 Å². The summed E-state index contributed by atoms with van der Waals surface area (Å²) in [5.41, 5.74) is 3.39. The van der Waals surface area contributed by atoms with E-state index in [9.17, 15) is 14.7 Å². The minimum atomic E-state index is -0.685. The lowest BCUT2D eigenvalue weighted by molar-refractivity contribution is -0.139. The predicted molar refractivity (Wildman–Crippen MR) is 129 cm³/mol. The highest BCUT2D eigenvalue weighted by molar-refractivity contribution is 6.46. The lowest BCUT2D eigenvalue weighted by Gasteiger charge is -2.25. The van der Waals surface area contributed by atoms with E-state index in [1.165, 1.54) is 0 Å². The van der Waals surface area contributed by atoms with Crippen LogP contribution in [0.15, 0.2) is 90.6 Å². The van der Waals surface area contributed by atoms with Gasteiger partial charge in [0.25, 0.3) is 11.7 Å². The van der Waals surface area contributed by atoms with Gasteiger partial charge in [-0.05, 0) is 47.9 Å². The Morgan fingerprint density at radius 3 is 2.39 bits per heavy atom. The number of aliphatic hydroxyl groups is 1. The molecule has 3 aromatic carbocycles. The number of carbonyl (C=O) groups is 2.